The lowest BCUT2D eigenvalue weighted by atomic mass is 10.00. The number of nitrogens with zero attached hydrogens (tertiary/aromatic N) is 1. The zero-order chi connectivity index (χ0) is 19.4. The monoisotopic (exact) mass is 384 g/mol. The van der Waals surface area contributed by atoms with E-state index in [9.17, 15) is 9.59 Å². The molecule has 0 fully saturated rings. The van der Waals surface area contributed by atoms with Gasteiger partial charge in [-0.25, -0.2) is 0 Å². The first-order valence-corrected chi connectivity index (χ1v) is 9.18. The summed E-state index contributed by atoms with van der Waals surface area (Å²) in [6, 6.07) is 14.3. The Hall–Kier alpha value is -2.63. The predicted molar refractivity (Wildman–Crippen MR) is 108 cm³/mol. The van der Waals surface area contributed by atoms with Gasteiger partial charge in [-0.3, -0.25) is 9.59 Å². The summed E-state index contributed by atoms with van der Waals surface area (Å²) < 4.78 is 1.57. The molecule has 1 heterocycles. The molecule has 5 nitrogen and oxygen atoms in total. The molecule has 0 aliphatic heterocycles. The Kier molecular flexibility index (Phi) is 5.94. The quantitative estimate of drug-likeness (QED) is 0.679. The molecule has 0 saturated carbocycles. The molecule has 2 aromatic carbocycles. The molecule has 6 heteroatoms. The van der Waals surface area contributed by atoms with E-state index in [1.165, 1.54) is 0 Å². The third kappa shape index (κ3) is 4.21. The number of aliphatic hydroxyl groups is 1. The van der Waals surface area contributed by atoms with E-state index in [-0.39, 0.29) is 24.0 Å². The maximum atomic E-state index is 12.7. The molecule has 1 aromatic heterocycles. The van der Waals surface area contributed by atoms with Gasteiger partial charge in [-0.1, -0.05) is 29.8 Å². The molecule has 0 spiro atoms. The van der Waals surface area contributed by atoms with Crippen molar-refractivity contribution in [3.63, 3.8) is 0 Å². The van der Waals surface area contributed by atoms with Gasteiger partial charge >= 0.3 is 0 Å². The van der Waals surface area contributed by atoms with Gasteiger partial charge < -0.3 is 15.0 Å². The summed E-state index contributed by atoms with van der Waals surface area (Å²) in [7, 11) is 0. The summed E-state index contributed by atoms with van der Waals surface area (Å²) in [5, 5.41) is 13.7. The Morgan fingerprint density at radius 1 is 1.15 bits per heavy atom. The first-order chi connectivity index (χ1) is 13.0. The molecule has 0 saturated heterocycles. The topological polar surface area (TPSA) is 71.3 Å². The summed E-state index contributed by atoms with van der Waals surface area (Å²) in [5.41, 5.74) is 1.33. The largest absolute Gasteiger partial charge is 0.396 e. The molecule has 3 rings (SSSR count). The molecule has 1 amide bonds. The maximum Gasteiger partial charge on any atom is 0.258 e. The highest BCUT2D eigenvalue weighted by Gasteiger charge is 2.17. The summed E-state index contributed by atoms with van der Waals surface area (Å²) in [6.07, 6.45) is 2.21. The number of carbonyl (C=O) groups is 1. The van der Waals surface area contributed by atoms with E-state index in [0.29, 0.717) is 34.4 Å². The number of amides is 1. The highest BCUT2D eigenvalue weighted by molar-refractivity contribution is 6.30. The fourth-order valence-corrected chi connectivity index (χ4v) is 3.11. The predicted octanol–water partition coefficient (Wildman–Crippen LogP) is 3.78. The van der Waals surface area contributed by atoms with E-state index in [1.54, 1.807) is 41.1 Å². The number of benzene rings is 2. The van der Waals surface area contributed by atoms with Gasteiger partial charge in [0.05, 0.1) is 5.92 Å². The van der Waals surface area contributed by atoms with Crippen molar-refractivity contribution in [1.82, 2.24) is 4.57 Å². The number of aliphatic hydroxyl groups excluding tert-OH is 1. The van der Waals surface area contributed by atoms with Crippen molar-refractivity contribution in [2.24, 2.45) is 0 Å². The first kappa shape index (κ1) is 19.1. The number of aryl methyl sites for hydroxylation is 1. The zero-order valence-corrected chi connectivity index (χ0v) is 15.7. The van der Waals surface area contributed by atoms with Gasteiger partial charge in [0, 0.05) is 40.8 Å². The smallest absolute Gasteiger partial charge is 0.258 e. The molecule has 0 radical (unpaired) electrons. The molecule has 3 aromatic rings. The number of carbonyl (C=O) groups excluding carboxylic acids is 1. The van der Waals surface area contributed by atoms with Crippen molar-refractivity contribution in [2.45, 2.75) is 25.8 Å². The lowest BCUT2D eigenvalue weighted by Gasteiger charge is -2.15. The number of hydrogen-bond donors (Lipinski definition) is 2. The van der Waals surface area contributed by atoms with E-state index in [4.69, 9.17) is 16.7 Å². The van der Waals surface area contributed by atoms with Gasteiger partial charge in [0.1, 0.15) is 0 Å². The SMILES string of the molecule is CC(C(=O)Nc1cccc2c(=O)n(CCCO)ccc12)c1ccc(Cl)cc1. The highest BCUT2D eigenvalue weighted by Crippen LogP contribution is 2.24. The average molecular weight is 385 g/mol. The number of halogens is 1. The van der Waals surface area contributed by atoms with Crippen LogP contribution in [0.25, 0.3) is 10.8 Å². The molecule has 27 heavy (non-hydrogen) atoms. The molecular weight excluding hydrogens is 364 g/mol. The van der Waals surface area contributed by atoms with Crippen molar-refractivity contribution in [3.8, 4) is 0 Å². The van der Waals surface area contributed by atoms with E-state index in [0.717, 1.165) is 5.56 Å². The lowest BCUT2D eigenvalue weighted by molar-refractivity contribution is -0.117. The fraction of sp³-hybridized carbons (Fsp3) is 0.238. The zero-order valence-electron chi connectivity index (χ0n) is 15.0. The minimum atomic E-state index is -0.359. The van der Waals surface area contributed by atoms with Crippen LogP contribution < -0.4 is 10.9 Å². The van der Waals surface area contributed by atoms with Gasteiger partial charge in [0.25, 0.3) is 5.56 Å². The van der Waals surface area contributed by atoms with E-state index >= 15 is 0 Å². The van der Waals surface area contributed by atoms with Gasteiger partial charge in [-0.05, 0) is 49.2 Å². The van der Waals surface area contributed by atoms with Crippen molar-refractivity contribution >= 4 is 34.0 Å². The molecule has 1 atom stereocenters. The summed E-state index contributed by atoms with van der Waals surface area (Å²) in [6.45, 7) is 2.31. The van der Waals surface area contributed by atoms with Crippen LogP contribution in [0.3, 0.4) is 0 Å². The fourth-order valence-electron chi connectivity index (χ4n) is 2.99. The number of rotatable bonds is 6. The van der Waals surface area contributed by atoms with Crippen LogP contribution in [0.5, 0.6) is 0 Å². The van der Waals surface area contributed by atoms with Gasteiger partial charge in [0.2, 0.25) is 5.91 Å². The highest BCUT2D eigenvalue weighted by atomic mass is 35.5. The van der Waals surface area contributed by atoms with Crippen LogP contribution in [0, 0.1) is 0 Å². The summed E-state index contributed by atoms with van der Waals surface area (Å²) in [5.74, 6) is -0.517. The van der Waals surface area contributed by atoms with Crippen LogP contribution in [-0.2, 0) is 11.3 Å². The second kappa shape index (κ2) is 8.37. The second-order valence-corrected chi connectivity index (χ2v) is 6.86. The van der Waals surface area contributed by atoms with Crippen molar-refractivity contribution in [2.75, 3.05) is 11.9 Å². The number of fused-ring (bicyclic) bond motifs is 1. The van der Waals surface area contributed by atoms with E-state index in [1.807, 2.05) is 25.1 Å². The molecular formula is C21H21ClN2O3. The van der Waals surface area contributed by atoms with Gasteiger partial charge in [-0.2, -0.15) is 0 Å². The molecule has 1 unspecified atom stereocenters. The molecule has 2 N–H and O–H groups in total. The second-order valence-electron chi connectivity index (χ2n) is 6.42. The summed E-state index contributed by atoms with van der Waals surface area (Å²) in [4.78, 5) is 25.3. The van der Waals surface area contributed by atoms with Crippen LogP contribution >= 0.6 is 11.6 Å². The Morgan fingerprint density at radius 2 is 1.89 bits per heavy atom. The Labute approximate surface area is 162 Å². The van der Waals surface area contributed by atoms with Crippen molar-refractivity contribution in [3.05, 3.63) is 75.7 Å². The molecule has 0 bridgehead atoms. The Bertz CT molecular complexity index is 1010. The number of nitrogens with one attached hydrogen (secondary N) is 1. The van der Waals surface area contributed by atoms with E-state index in [2.05, 4.69) is 5.32 Å². The van der Waals surface area contributed by atoms with Crippen molar-refractivity contribution in [1.29, 1.82) is 0 Å². The number of aromatic nitrogens is 1. The number of hydrogen-bond acceptors (Lipinski definition) is 3. The first-order valence-electron chi connectivity index (χ1n) is 8.80. The number of pyridine rings is 1. The standard InChI is InChI=1S/C21H21ClN2O3/c1-14(15-6-8-16(22)9-7-15)20(26)23-19-5-2-4-18-17(19)10-12-24(21(18)27)11-3-13-25/h2,4-10,12,14,25H,3,11,13H2,1H3,(H,23,26). The third-order valence-corrected chi connectivity index (χ3v) is 4.85. The maximum absolute atomic E-state index is 12.7. The van der Waals surface area contributed by atoms with Gasteiger partial charge in [0.15, 0.2) is 0 Å². The Balaban J connectivity index is 1.88. The van der Waals surface area contributed by atoms with Crippen LogP contribution in [0.15, 0.2) is 59.5 Å². The Morgan fingerprint density at radius 3 is 2.59 bits per heavy atom. The van der Waals surface area contributed by atoms with Crippen LogP contribution in [0.1, 0.15) is 24.8 Å². The number of anilines is 1. The van der Waals surface area contributed by atoms with E-state index < -0.39 is 0 Å². The molecule has 140 valence electrons. The normalized spacial score (nSPS) is 12.1. The molecule has 0 aliphatic carbocycles. The average Bonchev–Trinajstić information content (AvgIpc) is 2.68. The van der Waals surface area contributed by atoms with Crippen LogP contribution in [-0.4, -0.2) is 22.2 Å². The van der Waals surface area contributed by atoms with Crippen LogP contribution in [0.2, 0.25) is 5.02 Å². The van der Waals surface area contributed by atoms with Gasteiger partial charge in [-0.15, -0.1) is 0 Å². The summed E-state index contributed by atoms with van der Waals surface area (Å²) >= 11 is 5.90. The molecule has 0 aliphatic rings. The minimum absolute atomic E-state index is 0.0309. The minimum Gasteiger partial charge on any atom is -0.396 e. The lowest BCUT2D eigenvalue weighted by Crippen LogP contribution is -2.22. The van der Waals surface area contributed by atoms with Crippen LogP contribution in [0.4, 0.5) is 5.69 Å². The third-order valence-electron chi connectivity index (χ3n) is 4.60. The van der Waals surface area contributed by atoms with Crippen molar-refractivity contribution < 1.29 is 9.90 Å².